The van der Waals surface area contributed by atoms with Crippen molar-refractivity contribution in [3.63, 3.8) is 0 Å². The summed E-state index contributed by atoms with van der Waals surface area (Å²) in [6.45, 7) is 1.80. The summed E-state index contributed by atoms with van der Waals surface area (Å²) >= 11 is 4.81. The van der Waals surface area contributed by atoms with Gasteiger partial charge < -0.3 is 5.32 Å². The number of imide groups is 1. The van der Waals surface area contributed by atoms with Crippen LogP contribution in [0, 0.1) is 0 Å². The Labute approximate surface area is 143 Å². The standard InChI is InChI=1S/C16H21BrN2O2S/c1-11(22-14-9-7-12(17)8-10-14)15(20)19-16(21)18-13-5-3-2-4-6-13/h7-11,13H,2-6H2,1H3,(H2,18,19,20,21). The summed E-state index contributed by atoms with van der Waals surface area (Å²) in [6, 6.07) is 7.59. The zero-order valence-corrected chi connectivity index (χ0v) is 15.0. The van der Waals surface area contributed by atoms with Crippen molar-refractivity contribution in [3.8, 4) is 0 Å². The minimum Gasteiger partial charge on any atom is -0.335 e. The summed E-state index contributed by atoms with van der Waals surface area (Å²) in [6.07, 6.45) is 5.54. The monoisotopic (exact) mass is 384 g/mol. The highest BCUT2D eigenvalue weighted by Gasteiger charge is 2.20. The Morgan fingerprint density at radius 3 is 2.45 bits per heavy atom. The Kier molecular flexibility index (Phi) is 6.76. The fraction of sp³-hybridized carbons (Fsp3) is 0.500. The third kappa shape index (κ3) is 5.65. The molecule has 0 heterocycles. The molecule has 1 unspecified atom stereocenters. The molecule has 0 saturated heterocycles. The molecule has 1 aliphatic rings. The van der Waals surface area contributed by atoms with Crippen LogP contribution in [-0.4, -0.2) is 23.2 Å². The molecule has 0 radical (unpaired) electrons. The number of amides is 3. The largest absolute Gasteiger partial charge is 0.335 e. The van der Waals surface area contributed by atoms with Crippen LogP contribution in [-0.2, 0) is 4.79 Å². The molecule has 1 aliphatic carbocycles. The topological polar surface area (TPSA) is 58.2 Å². The van der Waals surface area contributed by atoms with E-state index in [1.807, 2.05) is 24.3 Å². The molecule has 0 bridgehead atoms. The van der Waals surface area contributed by atoms with Gasteiger partial charge in [-0.25, -0.2) is 4.79 Å². The van der Waals surface area contributed by atoms with E-state index in [4.69, 9.17) is 0 Å². The average molecular weight is 385 g/mol. The van der Waals surface area contributed by atoms with Crippen LogP contribution in [0.15, 0.2) is 33.6 Å². The summed E-state index contributed by atoms with van der Waals surface area (Å²) < 4.78 is 1.00. The SMILES string of the molecule is CC(Sc1ccc(Br)cc1)C(=O)NC(=O)NC1CCCCC1. The minimum absolute atomic E-state index is 0.205. The molecule has 120 valence electrons. The highest BCUT2D eigenvalue weighted by Crippen LogP contribution is 2.25. The van der Waals surface area contributed by atoms with Gasteiger partial charge in [-0.3, -0.25) is 10.1 Å². The maximum atomic E-state index is 12.1. The van der Waals surface area contributed by atoms with E-state index in [1.165, 1.54) is 18.2 Å². The molecule has 6 heteroatoms. The Morgan fingerprint density at radius 2 is 1.82 bits per heavy atom. The maximum Gasteiger partial charge on any atom is 0.321 e. The van der Waals surface area contributed by atoms with E-state index in [0.717, 1.165) is 35.1 Å². The molecule has 1 aromatic carbocycles. The van der Waals surface area contributed by atoms with Crippen LogP contribution in [0.5, 0.6) is 0 Å². The van der Waals surface area contributed by atoms with E-state index in [-0.39, 0.29) is 23.2 Å². The van der Waals surface area contributed by atoms with E-state index in [0.29, 0.717) is 0 Å². The lowest BCUT2D eigenvalue weighted by atomic mass is 9.96. The second-order valence-corrected chi connectivity index (χ2v) is 7.84. The molecule has 0 aromatic heterocycles. The first-order chi connectivity index (χ1) is 10.5. The zero-order chi connectivity index (χ0) is 15.9. The Morgan fingerprint density at radius 1 is 1.18 bits per heavy atom. The number of nitrogens with one attached hydrogen (secondary N) is 2. The van der Waals surface area contributed by atoms with Gasteiger partial charge in [-0.1, -0.05) is 35.2 Å². The number of urea groups is 1. The molecule has 1 aromatic rings. The van der Waals surface area contributed by atoms with Gasteiger partial charge in [-0.2, -0.15) is 0 Å². The first kappa shape index (κ1) is 17.3. The van der Waals surface area contributed by atoms with Crippen LogP contribution >= 0.6 is 27.7 Å². The van der Waals surface area contributed by atoms with Crippen LogP contribution in [0.1, 0.15) is 39.0 Å². The number of thioether (sulfide) groups is 1. The lowest BCUT2D eigenvalue weighted by Gasteiger charge is -2.23. The number of carbonyl (C=O) groups excluding carboxylic acids is 2. The van der Waals surface area contributed by atoms with Gasteiger partial charge in [0.15, 0.2) is 0 Å². The number of halogens is 1. The minimum atomic E-state index is -0.375. The summed E-state index contributed by atoms with van der Waals surface area (Å²) in [5, 5.41) is 5.01. The highest BCUT2D eigenvalue weighted by atomic mass is 79.9. The molecule has 3 amide bonds. The predicted octanol–water partition coefficient (Wildman–Crippen LogP) is 4.09. The molecule has 1 saturated carbocycles. The van der Waals surface area contributed by atoms with E-state index < -0.39 is 0 Å². The summed E-state index contributed by atoms with van der Waals surface area (Å²) in [5.74, 6) is -0.263. The second kappa shape index (κ2) is 8.58. The first-order valence-electron chi connectivity index (χ1n) is 7.58. The highest BCUT2D eigenvalue weighted by molar-refractivity contribution is 9.10. The van der Waals surface area contributed by atoms with Crippen LogP contribution in [0.4, 0.5) is 4.79 Å². The van der Waals surface area contributed by atoms with Gasteiger partial charge in [0.25, 0.3) is 0 Å². The van der Waals surface area contributed by atoms with Gasteiger partial charge >= 0.3 is 6.03 Å². The maximum absolute atomic E-state index is 12.1. The molecule has 1 fully saturated rings. The van der Waals surface area contributed by atoms with E-state index >= 15 is 0 Å². The summed E-state index contributed by atoms with van der Waals surface area (Å²) in [5.41, 5.74) is 0. The van der Waals surface area contributed by atoms with Gasteiger partial charge in [0.05, 0.1) is 5.25 Å². The average Bonchev–Trinajstić information content (AvgIpc) is 2.50. The van der Waals surface area contributed by atoms with Crippen LogP contribution in [0.25, 0.3) is 0 Å². The molecule has 0 aliphatic heterocycles. The molecule has 4 nitrogen and oxygen atoms in total. The molecule has 2 N–H and O–H groups in total. The van der Waals surface area contributed by atoms with Crippen molar-refractivity contribution in [2.45, 2.75) is 55.2 Å². The van der Waals surface area contributed by atoms with Crippen molar-refractivity contribution in [2.24, 2.45) is 0 Å². The molecular formula is C16H21BrN2O2S. The number of benzene rings is 1. The van der Waals surface area contributed by atoms with Crippen molar-refractivity contribution in [2.75, 3.05) is 0 Å². The quantitative estimate of drug-likeness (QED) is 0.768. The molecular weight excluding hydrogens is 364 g/mol. The Bertz CT molecular complexity index is 515. The summed E-state index contributed by atoms with van der Waals surface area (Å²) in [4.78, 5) is 24.9. The van der Waals surface area contributed by atoms with Gasteiger partial charge in [0.1, 0.15) is 0 Å². The van der Waals surface area contributed by atoms with Crippen molar-refractivity contribution >= 4 is 39.6 Å². The lowest BCUT2D eigenvalue weighted by Crippen LogP contribution is -2.47. The van der Waals surface area contributed by atoms with Gasteiger partial charge in [0.2, 0.25) is 5.91 Å². The van der Waals surface area contributed by atoms with Gasteiger partial charge in [-0.05, 0) is 44.0 Å². The van der Waals surface area contributed by atoms with Crippen LogP contribution in [0.2, 0.25) is 0 Å². The third-order valence-electron chi connectivity index (χ3n) is 3.67. The number of hydrogen-bond acceptors (Lipinski definition) is 3. The van der Waals surface area contributed by atoms with E-state index in [1.54, 1.807) is 6.92 Å². The normalized spacial score (nSPS) is 16.8. The fourth-order valence-corrected chi connectivity index (χ4v) is 3.58. The molecule has 22 heavy (non-hydrogen) atoms. The number of hydrogen-bond donors (Lipinski definition) is 2. The molecule has 1 atom stereocenters. The number of carbonyl (C=O) groups is 2. The summed E-state index contributed by atoms with van der Waals surface area (Å²) in [7, 11) is 0. The van der Waals surface area contributed by atoms with Gasteiger partial charge in [-0.15, -0.1) is 11.8 Å². The first-order valence-corrected chi connectivity index (χ1v) is 9.25. The molecule has 2 rings (SSSR count). The van der Waals surface area contributed by atoms with Crippen molar-refractivity contribution in [3.05, 3.63) is 28.7 Å². The second-order valence-electron chi connectivity index (χ2n) is 5.51. The Hall–Kier alpha value is -1.01. The van der Waals surface area contributed by atoms with E-state index in [2.05, 4.69) is 26.6 Å². The van der Waals surface area contributed by atoms with Crippen molar-refractivity contribution in [1.82, 2.24) is 10.6 Å². The van der Waals surface area contributed by atoms with Crippen molar-refractivity contribution in [1.29, 1.82) is 0 Å². The third-order valence-corrected chi connectivity index (χ3v) is 5.31. The van der Waals surface area contributed by atoms with Crippen molar-refractivity contribution < 1.29 is 9.59 Å². The smallest absolute Gasteiger partial charge is 0.321 e. The fourth-order valence-electron chi connectivity index (χ4n) is 2.45. The Balaban J connectivity index is 1.77. The van der Waals surface area contributed by atoms with Crippen LogP contribution in [0.3, 0.4) is 0 Å². The predicted molar refractivity (Wildman–Crippen MR) is 93.0 cm³/mol. The number of rotatable bonds is 4. The molecule has 0 spiro atoms. The van der Waals surface area contributed by atoms with E-state index in [9.17, 15) is 9.59 Å². The van der Waals surface area contributed by atoms with Gasteiger partial charge in [0, 0.05) is 15.4 Å². The lowest BCUT2D eigenvalue weighted by molar-refractivity contribution is -0.119. The zero-order valence-electron chi connectivity index (χ0n) is 12.6. The van der Waals surface area contributed by atoms with Crippen LogP contribution < -0.4 is 10.6 Å².